The van der Waals surface area contributed by atoms with Gasteiger partial charge in [-0.2, -0.15) is 0 Å². The van der Waals surface area contributed by atoms with Crippen LogP contribution >= 0.6 is 22.9 Å². The normalized spacial score (nSPS) is 14.8. The van der Waals surface area contributed by atoms with E-state index >= 15 is 0 Å². The zero-order chi connectivity index (χ0) is 23.3. The van der Waals surface area contributed by atoms with Crippen LogP contribution in [0.1, 0.15) is 59.4 Å². The third-order valence-corrected chi connectivity index (χ3v) is 11.3. The fourth-order valence-corrected chi connectivity index (χ4v) is 6.56. The lowest BCUT2D eigenvalue weighted by Gasteiger charge is -2.44. The van der Waals surface area contributed by atoms with E-state index in [1.807, 2.05) is 0 Å². The monoisotopic (exact) mass is 475 g/mol. The molecule has 1 rings (SSSR count). The summed E-state index contributed by atoms with van der Waals surface area (Å²) in [5.74, 6) is 0.413. The van der Waals surface area contributed by atoms with Crippen LogP contribution in [0, 0.1) is 5.92 Å². The molecule has 11 heteroatoms. The molecule has 0 fully saturated rings. The van der Waals surface area contributed by atoms with Crippen molar-refractivity contribution in [2.45, 2.75) is 83.7 Å². The van der Waals surface area contributed by atoms with Crippen LogP contribution in [-0.4, -0.2) is 36.9 Å². The topological polar surface area (TPSA) is 109 Å². The zero-order valence-corrected chi connectivity index (χ0v) is 21.9. The van der Waals surface area contributed by atoms with Crippen LogP contribution in [0.3, 0.4) is 0 Å². The van der Waals surface area contributed by atoms with Crippen LogP contribution in [0.15, 0.2) is 11.3 Å². The van der Waals surface area contributed by atoms with Crippen molar-refractivity contribution in [3.63, 3.8) is 0 Å². The summed E-state index contributed by atoms with van der Waals surface area (Å²) in [7, 11) is -2.25. The number of carbonyl (C=O) groups excluding carboxylic acids is 1. The summed E-state index contributed by atoms with van der Waals surface area (Å²) in [6.07, 6.45) is 0.553. The first kappa shape index (κ1) is 26.7. The Morgan fingerprint density at radius 1 is 1.37 bits per heavy atom. The molecule has 0 aliphatic rings. The Hall–Kier alpha value is -1.32. The molecule has 0 aromatic carbocycles. The number of nitrogens with one attached hydrogen (secondary N) is 1. The van der Waals surface area contributed by atoms with Gasteiger partial charge in [-0.3, -0.25) is 5.32 Å². The SMILES string of the molecule is CC(C)C(C)(C)[Si](C)(C)O[C@@H](c1cnc(NC(=O)OC(C)(C)C)s1)[C@@H](Cl)CN=[N+]=[N-]. The standard InChI is InChI=1S/C19H34ClN5O3SSi/c1-12(2)19(6,7)30(8,9)28-15(13(20)10-23-25-21)14-11-22-16(29-14)24-17(26)27-18(3,4)5/h11-13,15H,10H2,1-9H3,(H,22,24,26)/t13-,15+/m0/s1. The fourth-order valence-electron chi connectivity index (χ4n) is 2.55. The average molecular weight is 476 g/mol. The summed E-state index contributed by atoms with van der Waals surface area (Å²) in [6, 6.07) is 0. The molecule has 0 aliphatic heterocycles. The van der Waals surface area contributed by atoms with Gasteiger partial charge >= 0.3 is 6.09 Å². The molecule has 1 aromatic rings. The quantitative estimate of drug-likeness (QED) is 0.135. The zero-order valence-electron chi connectivity index (χ0n) is 19.3. The summed E-state index contributed by atoms with van der Waals surface area (Å²) in [6.45, 7) is 18.6. The minimum atomic E-state index is -2.25. The summed E-state index contributed by atoms with van der Waals surface area (Å²) in [5, 5.41) is 6.07. The second kappa shape index (κ2) is 10.3. The molecule has 8 nitrogen and oxygen atoms in total. The lowest BCUT2D eigenvalue weighted by molar-refractivity contribution is 0.0636. The molecule has 0 spiro atoms. The maximum absolute atomic E-state index is 12.0. The van der Waals surface area contributed by atoms with Crippen LogP contribution in [0.4, 0.5) is 9.93 Å². The van der Waals surface area contributed by atoms with Gasteiger partial charge in [0.25, 0.3) is 0 Å². The summed E-state index contributed by atoms with van der Waals surface area (Å²) in [4.78, 5) is 19.9. The molecule has 0 bridgehead atoms. The van der Waals surface area contributed by atoms with E-state index in [-0.39, 0.29) is 11.6 Å². The van der Waals surface area contributed by atoms with Gasteiger partial charge < -0.3 is 9.16 Å². The number of halogens is 1. The van der Waals surface area contributed by atoms with Crippen molar-refractivity contribution in [3.8, 4) is 0 Å². The first-order chi connectivity index (χ1) is 13.6. The molecule has 1 aromatic heterocycles. The Morgan fingerprint density at radius 2 is 1.97 bits per heavy atom. The Morgan fingerprint density at radius 3 is 2.47 bits per heavy atom. The van der Waals surface area contributed by atoms with Crippen LogP contribution in [0.2, 0.25) is 18.1 Å². The van der Waals surface area contributed by atoms with Gasteiger partial charge in [0.1, 0.15) is 5.60 Å². The van der Waals surface area contributed by atoms with E-state index in [2.05, 4.69) is 61.1 Å². The largest absolute Gasteiger partial charge is 0.444 e. The molecule has 2 atom stereocenters. The third-order valence-electron chi connectivity index (χ3n) is 5.48. The minimum absolute atomic E-state index is 0.0252. The van der Waals surface area contributed by atoms with E-state index in [1.54, 1.807) is 27.0 Å². The first-order valence-electron chi connectivity index (χ1n) is 9.89. The third kappa shape index (κ3) is 7.42. The Labute approximate surface area is 189 Å². The van der Waals surface area contributed by atoms with Crippen molar-refractivity contribution in [2.24, 2.45) is 11.0 Å². The second-order valence-corrected chi connectivity index (χ2v) is 15.7. The number of aromatic nitrogens is 1. The number of ether oxygens (including phenoxy) is 1. The maximum atomic E-state index is 12.0. The molecule has 0 unspecified atom stereocenters. The van der Waals surface area contributed by atoms with Gasteiger partial charge in [0, 0.05) is 17.7 Å². The number of carbonyl (C=O) groups is 1. The van der Waals surface area contributed by atoms with E-state index in [0.717, 1.165) is 4.88 Å². The van der Waals surface area contributed by atoms with Crippen LogP contribution < -0.4 is 5.32 Å². The van der Waals surface area contributed by atoms with E-state index < -0.39 is 31.5 Å². The van der Waals surface area contributed by atoms with Crippen LogP contribution in [0.5, 0.6) is 0 Å². The molecule has 0 aliphatic carbocycles. The fraction of sp³-hybridized carbons (Fsp3) is 0.789. The smallest absolute Gasteiger partial charge is 0.413 e. The molecule has 1 N–H and O–H groups in total. The predicted octanol–water partition coefficient (Wildman–Crippen LogP) is 7.11. The Balaban J connectivity index is 3.14. The number of alkyl halides is 1. The molecule has 0 saturated carbocycles. The van der Waals surface area contributed by atoms with Gasteiger partial charge in [-0.15, -0.1) is 11.6 Å². The number of hydrogen-bond acceptors (Lipinski definition) is 6. The van der Waals surface area contributed by atoms with E-state index in [1.165, 1.54) is 11.3 Å². The maximum Gasteiger partial charge on any atom is 0.413 e. The molecule has 170 valence electrons. The number of amides is 1. The minimum Gasteiger partial charge on any atom is -0.444 e. The van der Waals surface area contributed by atoms with Gasteiger partial charge in [-0.25, -0.2) is 9.78 Å². The van der Waals surface area contributed by atoms with Gasteiger partial charge in [0.2, 0.25) is 0 Å². The average Bonchev–Trinajstić information content (AvgIpc) is 3.03. The van der Waals surface area contributed by atoms with Gasteiger partial charge in [0.05, 0.1) is 16.4 Å². The van der Waals surface area contributed by atoms with E-state index in [9.17, 15) is 4.79 Å². The van der Waals surface area contributed by atoms with Gasteiger partial charge in [0.15, 0.2) is 13.4 Å². The number of thiazole rings is 1. The highest BCUT2D eigenvalue weighted by Gasteiger charge is 2.46. The molecule has 30 heavy (non-hydrogen) atoms. The van der Waals surface area contributed by atoms with Crippen molar-refractivity contribution in [1.82, 2.24) is 4.98 Å². The lowest BCUT2D eigenvalue weighted by atomic mass is 9.99. The van der Waals surface area contributed by atoms with Crippen molar-refractivity contribution in [2.75, 3.05) is 11.9 Å². The van der Waals surface area contributed by atoms with E-state index in [4.69, 9.17) is 26.3 Å². The van der Waals surface area contributed by atoms with Crippen molar-refractivity contribution < 1.29 is 14.0 Å². The van der Waals surface area contributed by atoms with Crippen LogP contribution in [0.25, 0.3) is 10.4 Å². The van der Waals surface area contributed by atoms with Gasteiger partial charge in [-0.1, -0.05) is 44.1 Å². The molecule has 1 amide bonds. The number of azide groups is 1. The van der Waals surface area contributed by atoms with E-state index in [0.29, 0.717) is 11.0 Å². The molecular weight excluding hydrogens is 442 g/mol. The van der Waals surface area contributed by atoms with Crippen molar-refractivity contribution >= 4 is 42.5 Å². The second-order valence-electron chi connectivity index (χ2n) is 9.55. The molecular formula is C19H34ClN5O3SSi. The molecule has 0 saturated heterocycles. The number of anilines is 1. The van der Waals surface area contributed by atoms with Crippen molar-refractivity contribution in [3.05, 3.63) is 21.5 Å². The van der Waals surface area contributed by atoms with Gasteiger partial charge in [-0.05, 0) is 50.4 Å². The summed E-state index contributed by atoms with van der Waals surface area (Å²) in [5.41, 5.74) is 8.09. The molecule has 1 heterocycles. The molecule has 0 radical (unpaired) electrons. The highest BCUT2D eigenvalue weighted by Crippen LogP contribution is 2.47. The highest BCUT2D eigenvalue weighted by atomic mass is 35.5. The summed E-state index contributed by atoms with van der Waals surface area (Å²) < 4.78 is 11.9. The predicted molar refractivity (Wildman–Crippen MR) is 126 cm³/mol. The highest BCUT2D eigenvalue weighted by molar-refractivity contribution is 7.15. The number of hydrogen-bond donors (Lipinski definition) is 1. The summed E-state index contributed by atoms with van der Waals surface area (Å²) >= 11 is 7.87. The lowest BCUT2D eigenvalue weighted by Crippen LogP contribution is -2.47. The number of nitrogens with zero attached hydrogens (tertiary/aromatic N) is 4. The Kier molecular flexibility index (Phi) is 9.19. The Bertz CT molecular complexity index is 772. The first-order valence-corrected chi connectivity index (χ1v) is 14.1. The van der Waals surface area contributed by atoms with Crippen LogP contribution in [-0.2, 0) is 9.16 Å². The number of rotatable bonds is 9. The van der Waals surface area contributed by atoms with Crippen molar-refractivity contribution in [1.29, 1.82) is 0 Å².